The van der Waals surface area contributed by atoms with Gasteiger partial charge in [0, 0.05) is 10.5 Å². The van der Waals surface area contributed by atoms with E-state index in [0.29, 0.717) is 10.9 Å². The Morgan fingerprint density at radius 1 is 1.21 bits per heavy atom. The molecule has 2 aromatic rings. The van der Waals surface area contributed by atoms with E-state index in [-0.39, 0.29) is 5.82 Å². The van der Waals surface area contributed by atoms with Crippen LogP contribution in [0.15, 0.2) is 58.5 Å². The Labute approximate surface area is 120 Å². The number of nitrogens with zero attached hydrogens (tertiary/aromatic N) is 1. The summed E-state index contributed by atoms with van der Waals surface area (Å²) in [6.07, 6.45) is 2.00. The predicted molar refractivity (Wildman–Crippen MR) is 80.6 cm³/mol. The van der Waals surface area contributed by atoms with Crippen molar-refractivity contribution in [2.24, 2.45) is 5.10 Å². The number of rotatable bonds is 4. The molecule has 0 fully saturated rings. The fourth-order valence-corrected chi connectivity index (χ4v) is 2.07. The first kappa shape index (κ1) is 13.9. The SMILES string of the molecule is CSc1cccc(C(Cl)=NNc2ccc(F)cc2)c1. The summed E-state index contributed by atoms with van der Waals surface area (Å²) in [5.74, 6) is -0.284. The second-order valence-corrected chi connectivity index (χ2v) is 4.99. The number of hydrogen-bond acceptors (Lipinski definition) is 3. The lowest BCUT2D eigenvalue weighted by Crippen LogP contribution is -1.97. The number of halogens is 2. The van der Waals surface area contributed by atoms with Crippen LogP contribution in [0.25, 0.3) is 0 Å². The van der Waals surface area contributed by atoms with Crippen LogP contribution in [0.3, 0.4) is 0 Å². The van der Waals surface area contributed by atoms with Gasteiger partial charge in [-0.05, 0) is 42.7 Å². The summed E-state index contributed by atoms with van der Waals surface area (Å²) in [5.41, 5.74) is 4.31. The van der Waals surface area contributed by atoms with Crippen LogP contribution in [0.5, 0.6) is 0 Å². The molecule has 0 unspecified atom stereocenters. The average Bonchev–Trinajstić information content (AvgIpc) is 2.46. The number of hydrazone groups is 1. The quantitative estimate of drug-likeness (QED) is 0.508. The van der Waals surface area contributed by atoms with Gasteiger partial charge in [0.15, 0.2) is 5.17 Å². The van der Waals surface area contributed by atoms with E-state index in [1.54, 1.807) is 23.9 Å². The minimum Gasteiger partial charge on any atom is -0.277 e. The lowest BCUT2D eigenvalue weighted by atomic mass is 10.2. The maximum absolute atomic E-state index is 12.7. The third-order valence-corrected chi connectivity index (χ3v) is 3.46. The zero-order valence-corrected chi connectivity index (χ0v) is 11.8. The molecule has 0 radical (unpaired) electrons. The van der Waals surface area contributed by atoms with Gasteiger partial charge in [-0.1, -0.05) is 23.7 Å². The van der Waals surface area contributed by atoms with Gasteiger partial charge in [-0.3, -0.25) is 5.43 Å². The van der Waals surface area contributed by atoms with Crippen molar-refractivity contribution in [3.8, 4) is 0 Å². The van der Waals surface area contributed by atoms with Crippen LogP contribution in [0, 0.1) is 5.82 Å². The van der Waals surface area contributed by atoms with Gasteiger partial charge >= 0.3 is 0 Å². The Kier molecular flexibility index (Phi) is 4.82. The van der Waals surface area contributed by atoms with Crippen molar-refractivity contribution in [2.45, 2.75) is 4.90 Å². The Bertz CT molecular complexity index is 584. The largest absolute Gasteiger partial charge is 0.277 e. The van der Waals surface area contributed by atoms with Crippen LogP contribution in [-0.4, -0.2) is 11.4 Å². The Morgan fingerprint density at radius 2 is 1.95 bits per heavy atom. The number of benzene rings is 2. The first-order valence-electron chi connectivity index (χ1n) is 5.58. The molecule has 0 aliphatic heterocycles. The molecule has 0 spiro atoms. The fourth-order valence-electron chi connectivity index (χ4n) is 1.45. The van der Waals surface area contributed by atoms with Crippen molar-refractivity contribution in [1.29, 1.82) is 0 Å². The normalized spacial score (nSPS) is 11.4. The van der Waals surface area contributed by atoms with Crippen molar-refractivity contribution in [1.82, 2.24) is 0 Å². The highest BCUT2D eigenvalue weighted by atomic mass is 35.5. The molecule has 5 heteroatoms. The van der Waals surface area contributed by atoms with Crippen molar-refractivity contribution in [3.63, 3.8) is 0 Å². The first-order chi connectivity index (χ1) is 9.19. The summed E-state index contributed by atoms with van der Waals surface area (Å²) in [5, 5.41) is 4.43. The molecule has 19 heavy (non-hydrogen) atoms. The summed E-state index contributed by atoms with van der Waals surface area (Å²) in [6, 6.07) is 13.7. The maximum atomic E-state index is 12.7. The smallest absolute Gasteiger partial charge is 0.156 e. The van der Waals surface area contributed by atoms with Crippen LogP contribution < -0.4 is 5.43 Å². The summed E-state index contributed by atoms with van der Waals surface area (Å²) < 4.78 is 12.7. The zero-order valence-electron chi connectivity index (χ0n) is 10.2. The number of anilines is 1. The molecular formula is C14H12ClFN2S. The van der Waals surface area contributed by atoms with Crippen LogP contribution in [-0.2, 0) is 0 Å². The molecule has 2 rings (SSSR count). The van der Waals surface area contributed by atoms with E-state index in [1.165, 1.54) is 12.1 Å². The molecule has 0 saturated heterocycles. The van der Waals surface area contributed by atoms with E-state index in [0.717, 1.165) is 10.5 Å². The lowest BCUT2D eigenvalue weighted by molar-refractivity contribution is 0.628. The van der Waals surface area contributed by atoms with Crippen LogP contribution >= 0.6 is 23.4 Å². The van der Waals surface area contributed by atoms with Gasteiger partial charge < -0.3 is 0 Å². The van der Waals surface area contributed by atoms with Crippen molar-refractivity contribution in [3.05, 3.63) is 59.9 Å². The highest BCUT2D eigenvalue weighted by molar-refractivity contribution is 7.98. The molecular weight excluding hydrogens is 283 g/mol. The standard InChI is InChI=1S/C14H12ClFN2S/c1-19-13-4-2-3-10(9-13)14(15)18-17-12-7-5-11(16)6-8-12/h2-9,17H,1H3. The Hall–Kier alpha value is -1.52. The van der Waals surface area contributed by atoms with Gasteiger partial charge in [0.1, 0.15) is 5.82 Å². The molecule has 0 atom stereocenters. The molecule has 0 bridgehead atoms. The molecule has 0 heterocycles. The van der Waals surface area contributed by atoms with Crippen LogP contribution in [0.2, 0.25) is 0 Å². The third-order valence-electron chi connectivity index (χ3n) is 2.44. The molecule has 0 amide bonds. The molecule has 0 aromatic heterocycles. The summed E-state index contributed by atoms with van der Waals surface area (Å²) in [6.45, 7) is 0. The molecule has 2 aromatic carbocycles. The minimum absolute atomic E-state index is 0.284. The van der Waals surface area contributed by atoms with Crippen LogP contribution in [0.4, 0.5) is 10.1 Å². The lowest BCUT2D eigenvalue weighted by Gasteiger charge is -2.03. The van der Waals surface area contributed by atoms with Gasteiger partial charge in [0.05, 0.1) is 5.69 Å². The molecule has 0 aliphatic rings. The fraction of sp³-hybridized carbons (Fsp3) is 0.0714. The Balaban J connectivity index is 2.11. The van der Waals surface area contributed by atoms with E-state index >= 15 is 0 Å². The third kappa shape index (κ3) is 3.98. The van der Waals surface area contributed by atoms with Crippen molar-refractivity contribution in [2.75, 3.05) is 11.7 Å². The van der Waals surface area contributed by atoms with Gasteiger partial charge in [-0.15, -0.1) is 11.8 Å². The second-order valence-electron chi connectivity index (χ2n) is 3.75. The van der Waals surface area contributed by atoms with Gasteiger partial charge in [-0.2, -0.15) is 5.10 Å². The number of nitrogens with one attached hydrogen (secondary N) is 1. The van der Waals surface area contributed by atoms with E-state index in [9.17, 15) is 4.39 Å². The van der Waals surface area contributed by atoms with Gasteiger partial charge in [0.25, 0.3) is 0 Å². The minimum atomic E-state index is -0.284. The number of thioether (sulfide) groups is 1. The van der Waals surface area contributed by atoms with Gasteiger partial charge in [-0.25, -0.2) is 4.39 Å². The second kappa shape index (κ2) is 6.59. The topological polar surface area (TPSA) is 24.4 Å². The summed E-state index contributed by atoms with van der Waals surface area (Å²) in [4.78, 5) is 1.12. The van der Waals surface area contributed by atoms with E-state index < -0.39 is 0 Å². The first-order valence-corrected chi connectivity index (χ1v) is 7.18. The summed E-state index contributed by atoms with van der Waals surface area (Å²) in [7, 11) is 0. The number of hydrogen-bond donors (Lipinski definition) is 1. The molecule has 98 valence electrons. The molecule has 1 N–H and O–H groups in total. The highest BCUT2D eigenvalue weighted by Crippen LogP contribution is 2.17. The van der Waals surface area contributed by atoms with Gasteiger partial charge in [0.2, 0.25) is 0 Å². The van der Waals surface area contributed by atoms with Crippen LogP contribution in [0.1, 0.15) is 5.56 Å². The van der Waals surface area contributed by atoms with E-state index in [1.807, 2.05) is 30.5 Å². The molecule has 2 nitrogen and oxygen atoms in total. The average molecular weight is 295 g/mol. The summed E-state index contributed by atoms with van der Waals surface area (Å²) >= 11 is 7.76. The molecule has 0 aliphatic carbocycles. The Morgan fingerprint density at radius 3 is 2.63 bits per heavy atom. The monoisotopic (exact) mass is 294 g/mol. The van der Waals surface area contributed by atoms with E-state index in [2.05, 4.69) is 10.5 Å². The molecule has 0 saturated carbocycles. The predicted octanol–water partition coefficient (Wildman–Crippen LogP) is 4.56. The maximum Gasteiger partial charge on any atom is 0.156 e. The zero-order chi connectivity index (χ0) is 13.7. The van der Waals surface area contributed by atoms with E-state index in [4.69, 9.17) is 11.6 Å². The highest BCUT2D eigenvalue weighted by Gasteiger charge is 2.01. The van der Waals surface area contributed by atoms with Crippen molar-refractivity contribution >= 4 is 34.2 Å². The van der Waals surface area contributed by atoms with Crippen molar-refractivity contribution < 1.29 is 4.39 Å².